The molecule has 0 aliphatic carbocycles. The molecule has 0 bridgehead atoms. The van der Waals surface area contributed by atoms with E-state index in [0.29, 0.717) is 12.4 Å². The lowest BCUT2D eigenvalue weighted by Gasteiger charge is -1.93. The zero-order valence-electron chi connectivity index (χ0n) is 6.90. The van der Waals surface area contributed by atoms with Crippen molar-refractivity contribution in [1.29, 1.82) is 0 Å². The van der Waals surface area contributed by atoms with Crippen molar-refractivity contribution in [2.75, 3.05) is 12.3 Å². The van der Waals surface area contributed by atoms with Gasteiger partial charge in [0.05, 0.1) is 6.21 Å². The average Bonchev–Trinajstić information content (AvgIpc) is 2.09. The second kappa shape index (κ2) is 4.33. The molecule has 1 aromatic heterocycles. The number of rotatable bonds is 3. The fourth-order valence-corrected chi connectivity index (χ4v) is 0.666. The molecule has 4 nitrogen and oxygen atoms in total. The number of pyridine rings is 1. The maximum absolute atomic E-state index is 5.39. The van der Waals surface area contributed by atoms with E-state index in [2.05, 4.69) is 10.1 Å². The topological polar surface area (TPSA) is 60.5 Å². The van der Waals surface area contributed by atoms with Crippen LogP contribution >= 0.6 is 0 Å². The molecule has 0 fully saturated rings. The molecule has 0 unspecified atom stereocenters. The van der Waals surface area contributed by atoms with Crippen LogP contribution < -0.4 is 5.73 Å². The number of oxime groups is 1. The first-order valence-electron chi connectivity index (χ1n) is 3.70. The lowest BCUT2D eigenvalue weighted by molar-refractivity contribution is 0.160. The van der Waals surface area contributed by atoms with Gasteiger partial charge in [-0.05, 0) is 19.1 Å². The van der Waals surface area contributed by atoms with Gasteiger partial charge >= 0.3 is 0 Å². The van der Waals surface area contributed by atoms with Crippen molar-refractivity contribution >= 4 is 12.0 Å². The minimum Gasteiger partial charge on any atom is -0.396 e. The Hall–Kier alpha value is -1.58. The maximum Gasteiger partial charge on any atom is 0.123 e. The molecule has 1 rings (SSSR count). The first kappa shape index (κ1) is 8.52. The smallest absolute Gasteiger partial charge is 0.123 e. The minimum atomic E-state index is 0.503. The zero-order chi connectivity index (χ0) is 8.81. The van der Waals surface area contributed by atoms with Crippen LogP contribution in [0.25, 0.3) is 0 Å². The van der Waals surface area contributed by atoms with Gasteiger partial charge in [-0.3, -0.25) is 0 Å². The zero-order valence-corrected chi connectivity index (χ0v) is 6.90. The Bertz CT molecular complexity index is 256. The van der Waals surface area contributed by atoms with Gasteiger partial charge in [0.2, 0.25) is 0 Å². The first-order chi connectivity index (χ1) is 5.83. The lowest BCUT2D eigenvalue weighted by atomic mass is 10.3. The molecule has 0 saturated heterocycles. The highest BCUT2D eigenvalue weighted by molar-refractivity contribution is 5.78. The van der Waals surface area contributed by atoms with E-state index in [0.717, 1.165) is 5.56 Å². The Balaban J connectivity index is 2.58. The van der Waals surface area contributed by atoms with Gasteiger partial charge in [-0.1, -0.05) is 5.16 Å². The highest BCUT2D eigenvalue weighted by atomic mass is 16.6. The summed E-state index contributed by atoms with van der Waals surface area (Å²) in [6, 6.07) is 3.54. The van der Waals surface area contributed by atoms with E-state index >= 15 is 0 Å². The maximum atomic E-state index is 5.39. The van der Waals surface area contributed by atoms with Crippen molar-refractivity contribution < 1.29 is 4.84 Å². The monoisotopic (exact) mass is 165 g/mol. The molecule has 0 atom stereocenters. The third kappa shape index (κ3) is 2.57. The Morgan fingerprint density at radius 1 is 1.67 bits per heavy atom. The Morgan fingerprint density at radius 2 is 2.50 bits per heavy atom. The van der Waals surface area contributed by atoms with Crippen molar-refractivity contribution in [3.05, 3.63) is 23.9 Å². The van der Waals surface area contributed by atoms with Crippen LogP contribution in [0.1, 0.15) is 12.5 Å². The summed E-state index contributed by atoms with van der Waals surface area (Å²) in [4.78, 5) is 8.67. The summed E-state index contributed by atoms with van der Waals surface area (Å²) >= 11 is 0. The summed E-state index contributed by atoms with van der Waals surface area (Å²) in [6.45, 7) is 2.44. The summed E-state index contributed by atoms with van der Waals surface area (Å²) in [5, 5.41) is 3.68. The summed E-state index contributed by atoms with van der Waals surface area (Å²) in [5.74, 6) is 0.503. The molecular weight excluding hydrogens is 154 g/mol. The van der Waals surface area contributed by atoms with Gasteiger partial charge in [0.15, 0.2) is 0 Å². The Morgan fingerprint density at radius 3 is 3.08 bits per heavy atom. The SMILES string of the molecule is CCO/N=C/c1ccc(N)nc1. The van der Waals surface area contributed by atoms with E-state index in [1.807, 2.05) is 13.0 Å². The lowest BCUT2D eigenvalue weighted by Crippen LogP contribution is -1.91. The van der Waals surface area contributed by atoms with E-state index in [4.69, 9.17) is 10.6 Å². The van der Waals surface area contributed by atoms with Gasteiger partial charge in [-0.2, -0.15) is 0 Å². The van der Waals surface area contributed by atoms with Crippen molar-refractivity contribution in [3.8, 4) is 0 Å². The quantitative estimate of drug-likeness (QED) is 0.537. The van der Waals surface area contributed by atoms with Gasteiger partial charge in [-0.25, -0.2) is 4.98 Å². The predicted molar refractivity (Wildman–Crippen MR) is 47.9 cm³/mol. The van der Waals surface area contributed by atoms with Crippen molar-refractivity contribution in [2.24, 2.45) is 5.16 Å². The summed E-state index contributed by atoms with van der Waals surface area (Å²) < 4.78 is 0. The van der Waals surface area contributed by atoms with Gasteiger partial charge in [0, 0.05) is 11.8 Å². The van der Waals surface area contributed by atoms with Crippen LogP contribution in [-0.2, 0) is 4.84 Å². The third-order valence-electron chi connectivity index (χ3n) is 1.21. The molecule has 0 saturated carbocycles. The van der Waals surface area contributed by atoms with Crippen LogP contribution in [0.5, 0.6) is 0 Å². The molecule has 0 aliphatic heterocycles. The molecule has 1 heterocycles. The standard InChI is InChI=1S/C8H11N3O/c1-2-12-11-6-7-3-4-8(9)10-5-7/h3-6H,2H2,1H3,(H2,9,10)/b11-6+. The fourth-order valence-electron chi connectivity index (χ4n) is 0.666. The predicted octanol–water partition coefficient (Wildman–Crippen LogP) is 1.03. The highest BCUT2D eigenvalue weighted by Gasteiger charge is 1.87. The Labute approximate surface area is 71.0 Å². The van der Waals surface area contributed by atoms with Gasteiger partial charge < -0.3 is 10.6 Å². The van der Waals surface area contributed by atoms with Crippen LogP contribution in [0.15, 0.2) is 23.5 Å². The van der Waals surface area contributed by atoms with E-state index in [1.165, 1.54) is 0 Å². The molecule has 0 spiro atoms. The number of nitrogen functional groups attached to an aromatic ring is 1. The number of hydrogen-bond acceptors (Lipinski definition) is 4. The molecule has 12 heavy (non-hydrogen) atoms. The fraction of sp³-hybridized carbons (Fsp3) is 0.250. The molecule has 0 radical (unpaired) electrons. The minimum absolute atomic E-state index is 0.503. The third-order valence-corrected chi connectivity index (χ3v) is 1.21. The number of anilines is 1. The normalized spacial score (nSPS) is 10.4. The van der Waals surface area contributed by atoms with Crippen LogP contribution in [0.2, 0.25) is 0 Å². The number of nitrogens with zero attached hydrogens (tertiary/aromatic N) is 2. The van der Waals surface area contributed by atoms with Gasteiger partial charge in [0.1, 0.15) is 12.4 Å². The second-order valence-electron chi connectivity index (χ2n) is 2.17. The molecular formula is C8H11N3O. The molecule has 4 heteroatoms. The van der Waals surface area contributed by atoms with Gasteiger partial charge in [-0.15, -0.1) is 0 Å². The summed E-state index contributed by atoms with van der Waals surface area (Å²) in [5.41, 5.74) is 6.27. The number of aromatic nitrogens is 1. The summed E-state index contributed by atoms with van der Waals surface area (Å²) in [7, 11) is 0. The molecule has 0 amide bonds. The molecule has 0 aromatic carbocycles. The number of nitrogens with two attached hydrogens (primary N) is 1. The largest absolute Gasteiger partial charge is 0.396 e. The van der Waals surface area contributed by atoms with Crippen LogP contribution in [0.4, 0.5) is 5.82 Å². The van der Waals surface area contributed by atoms with E-state index in [1.54, 1.807) is 18.5 Å². The number of hydrogen-bond donors (Lipinski definition) is 1. The van der Waals surface area contributed by atoms with Crippen molar-refractivity contribution in [3.63, 3.8) is 0 Å². The van der Waals surface area contributed by atoms with E-state index in [-0.39, 0.29) is 0 Å². The van der Waals surface area contributed by atoms with E-state index in [9.17, 15) is 0 Å². The van der Waals surface area contributed by atoms with Crippen LogP contribution in [0, 0.1) is 0 Å². The summed E-state index contributed by atoms with van der Waals surface area (Å²) in [6.07, 6.45) is 3.23. The average molecular weight is 165 g/mol. The molecule has 1 aromatic rings. The van der Waals surface area contributed by atoms with Crippen molar-refractivity contribution in [1.82, 2.24) is 4.98 Å². The first-order valence-corrected chi connectivity index (χ1v) is 3.70. The van der Waals surface area contributed by atoms with E-state index < -0.39 is 0 Å². The molecule has 0 aliphatic rings. The van der Waals surface area contributed by atoms with Gasteiger partial charge in [0.25, 0.3) is 0 Å². The Kier molecular flexibility index (Phi) is 3.07. The highest BCUT2D eigenvalue weighted by Crippen LogP contribution is 1.97. The molecule has 2 N–H and O–H groups in total. The molecule has 64 valence electrons. The van der Waals surface area contributed by atoms with Crippen LogP contribution in [0.3, 0.4) is 0 Å². The second-order valence-corrected chi connectivity index (χ2v) is 2.17. The van der Waals surface area contributed by atoms with Crippen molar-refractivity contribution in [2.45, 2.75) is 6.92 Å². The van der Waals surface area contributed by atoms with Crippen LogP contribution in [-0.4, -0.2) is 17.8 Å².